The highest BCUT2D eigenvalue weighted by Crippen LogP contribution is 2.39. The molecule has 0 bridgehead atoms. The summed E-state index contributed by atoms with van der Waals surface area (Å²) < 4.78 is 42.9. The van der Waals surface area contributed by atoms with E-state index in [-0.39, 0.29) is 0 Å². The van der Waals surface area contributed by atoms with Gasteiger partial charge in [0.25, 0.3) is 5.01 Å². The lowest BCUT2D eigenvalue weighted by molar-refractivity contribution is -0.665. The molecule has 0 atom stereocenters. The summed E-state index contributed by atoms with van der Waals surface area (Å²) in [6, 6.07) is 4.75. The first-order valence-electron chi connectivity index (χ1n) is 9.70. The maximum absolute atomic E-state index is 9.75. The molecule has 0 saturated heterocycles. The Morgan fingerprint density at radius 2 is 1.67 bits per heavy atom. The second-order valence-corrected chi connectivity index (χ2v) is 10.8. The van der Waals surface area contributed by atoms with E-state index in [2.05, 4.69) is 69.1 Å². The van der Waals surface area contributed by atoms with Crippen molar-refractivity contribution in [3.8, 4) is 0 Å². The van der Waals surface area contributed by atoms with Crippen molar-refractivity contribution in [2.75, 3.05) is 12.5 Å². The van der Waals surface area contributed by atoms with Crippen LogP contribution in [0.25, 0.3) is 16.3 Å². The summed E-state index contributed by atoms with van der Waals surface area (Å²) in [5, 5.41) is 1.37. The molecule has 0 unspecified atom stereocenters. The van der Waals surface area contributed by atoms with Gasteiger partial charge in [-0.25, -0.2) is 0 Å². The predicted octanol–water partition coefficient (Wildman–Crippen LogP) is 8.10. The van der Waals surface area contributed by atoms with Crippen molar-refractivity contribution >= 4 is 58.4 Å². The summed E-state index contributed by atoms with van der Waals surface area (Å²) in [4.78, 5) is 2.77. The van der Waals surface area contributed by atoms with E-state index in [0.29, 0.717) is 5.41 Å². The quantitative estimate of drug-likeness (QED) is 0.190. The number of thiazole rings is 1. The molecule has 2 aromatic rings. The largest absolute Gasteiger partial charge is 0.673 e. The Bertz CT molecular complexity index is 955. The molecule has 1 aromatic carbocycles. The minimum atomic E-state index is -6.00. The molecule has 30 heavy (non-hydrogen) atoms. The van der Waals surface area contributed by atoms with Crippen molar-refractivity contribution in [2.24, 2.45) is 5.41 Å². The van der Waals surface area contributed by atoms with Crippen LogP contribution in [0.4, 0.5) is 17.3 Å². The molecule has 0 amide bonds. The first kappa shape index (κ1) is 25.3. The topological polar surface area (TPSA) is 3.88 Å². The Morgan fingerprint density at radius 1 is 1.10 bits per heavy atom. The van der Waals surface area contributed by atoms with Crippen LogP contribution in [-0.2, 0) is 6.54 Å². The van der Waals surface area contributed by atoms with Crippen molar-refractivity contribution in [1.82, 2.24) is 0 Å². The van der Waals surface area contributed by atoms with E-state index in [9.17, 15) is 17.3 Å². The third-order valence-corrected chi connectivity index (χ3v) is 7.51. The Labute approximate surface area is 189 Å². The smallest absolute Gasteiger partial charge is 0.418 e. The van der Waals surface area contributed by atoms with Gasteiger partial charge in [-0.05, 0) is 56.3 Å². The molecule has 1 heterocycles. The molecule has 1 nitrogen and oxygen atoms in total. The van der Waals surface area contributed by atoms with Gasteiger partial charge in [0.1, 0.15) is 11.2 Å². The van der Waals surface area contributed by atoms with Crippen molar-refractivity contribution in [2.45, 2.75) is 56.9 Å². The molecule has 9 heteroatoms. The fourth-order valence-corrected chi connectivity index (χ4v) is 6.69. The summed E-state index contributed by atoms with van der Waals surface area (Å²) in [5.41, 5.74) is 4.71. The molecule has 1 aliphatic carbocycles. The van der Waals surface area contributed by atoms with Crippen molar-refractivity contribution in [3.05, 3.63) is 34.4 Å². The molecule has 3 rings (SSSR count). The van der Waals surface area contributed by atoms with Gasteiger partial charge in [0.2, 0.25) is 5.52 Å². The summed E-state index contributed by atoms with van der Waals surface area (Å²) in [6.07, 6.45) is 11.5. The highest BCUT2D eigenvalue weighted by atomic mass is 32.2. The predicted molar refractivity (Wildman–Crippen MR) is 126 cm³/mol. The molecule has 166 valence electrons. The molecule has 0 fully saturated rings. The lowest BCUT2D eigenvalue weighted by atomic mass is 9.75. The van der Waals surface area contributed by atoms with Gasteiger partial charge in [-0.3, -0.25) is 0 Å². The average molecular weight is 477 g/mol. The van der Waals surface area contributed by atoms with Crippen LogP contribution < -0.4 is 4.57 Å². The number of rotatable bonds is 4. The number of allylic oxidation sites excluding steroid dienone is 3. The van der Waals surface area contributed by atoms with Gasteiger partial charge in [0, 0.05) is 21.9 Å². The maximum atomic E-state index is 9.75. The van der Waals surface area contributed by atoms with E-state index in [1.165, 1.54) is 42.6 Å². The number of aromatic nitrogens is 1. The monoisotopic (exact) mass is 477 g/mol. The van der Waals surface area contributed by atoms with Crippen LogP contribution in [-0.4, -0.2) is 19.8 Å². The number of fused-ring (bicyclic) bond motifs is 1. The molecule has 0 radical (unpaired) electrons. The molecule has 0 spiro atoms. The van der Waals surface area contributed by atoms with E-state index in [4.69, 9.17) is 0 Å². The number of benzene rings is 1. The summed E-state index contributed by atoms with van der Waals surface area (Å²) in [7, 11) is -6.00. The van der Waals surface area contributed by atoms with E-state index in [1.807, 2.05) is 34.9 Å². The number of halogens is 4. The number of hydrogen-bond acceptors (Lipinski definition) is 3. The zero-order valence-corrected chi connectivity index (χ0v) is 20.6. The molecule has 0 saturated carbocycles. The van der Waals surface area contributed by atoms with E-state index < -0.39 is 7.25 Å². The van der Waals surface area contributed by atoms with Crippen LogP contribution in [0.2, 0.25) is 0 Å². The summed E-state index contributed by atoms with van der Waals surface area (Å²) in [6.45, 7) is 10.3. The molecule has 1 aliphatic rings. The van der Waals surface area contributed by atoms with E-state index in [0.717, 1.165) is 13.0 Å². The number of thioether (sulfide) groups is 2. The van der Waals surface area contributed by atoms with Crippen molar-refractivity contribution in [1.29, 1.82) is 0 Å². The minimum Gasteiger partial charge on any atom is -0.418 e. The summed E-state index contributed by atoms with van der Waals surface area (Å²) >= 11 is 5.62. The van der Waals surface area contributed by atoms with E-state index in [1.54, 1.807) is 0 Å². The molecular weight excluding hydrogens is 449 g/mol. The lowest BCUT2D eigenvalue weighted by Gasteiger charge is -2.29. The molecule has 0 N–H and O–H groups in total. The molecular formula is C21H28BF4NS3. The Hall–Kier alpha value is -0.925. The highest BCUT2D eigenvalue weighted by Gasteiger charge is 2.26. The fourth-order valence-electron chi connectivity index (χ4n) is 3.90. The molecule has 0 aliphatic heterocycles. The first-order valence-corrected chi connectivity index (χ1v) is 13.0. The Balaban J connectivity index is 0.000000575. The van der Waals surface area contributed by atoms with Gasteiger partial charge in [0.05, 0.1) is 0 Å². The van der Waals surface area contributed by atoms with Gasteiger partial charge >= 0.3 is 7.25 Å². The van der Waals surface area contributed by atoms with Crippen LogP contribution in [0.1, 0.15) is 45.5 Å². The fraction of sp³-hybridized carbons (Fsp3) is 0.476. The minimum absolute atomic E-state index is 0.371. The van der Waals surface area contributed by atoms with Crippen LogP contribution in [0.5, 0.6) is 0 Å². The Morgan fingerprint density at radius 3 is 2.17 bits per heavy atom. The zero-order valence-electron chi connectivity index (χ0n) is 18.2. The number of aryl methyl sites for hydroxylation is 1. The highest BCUT2D eigenvalue weighted by molar-refractivity contribution is 8.01. The normalized spacial score (nSPS) is 17.7. The third kappa shape index (κ3) is 7.06. The van der Waals surface area contributed by atoms with Crippen molar-refractivity contribution < 1.29 is 21.8 Å². The van der Waals surface area contributed by atoms with Gasteiger partial charge in [-0.2, -0.15) is 4.57 Å². The second-order valence-electron chi connectivity index (χ2n) is 8.08. The van der Waals surface area contributed by atoms with Crippen LogP contribution in [0.3, 0.4) is 0 Å². The van der Waals surface area contributed by atoms with Crippen molar-refractivity contribution in [3.63, 3.8) is 0 Å². The molecule has 1 aromatic heterocycles. The van der Waals surface area contributed by atoms with Gasteiger partial charge < -0.3 is 17.3 Å². The van der Waals surface area contributed by atoms with E-state index >= 15 is 0 Å². The van der Waals surface area contributed by atoms with Crippen LogP contribution in [0.15, 0.2) is 39.1 Å². The van der Waals surface area contributed by atoms with Crippen LogP contribution in [0, 0.1) is 5.41 Å². The average Bonchev–Trinajstić information content (AvgIpc) is 2.92. The lowest BCUT2D eigenvalue weighted by Crippen LogP contribution is -2.33. The standard InChI is InChI=1S/C21H28NS3.BF4/c1-7-22-16-10-18(23-5)19(24-6)11-17(16)25-20(22)9-15-8-14(2)12-21(3,4)13-15;2-1(3,4)5/h8-11H,7,12-13H2,1-6H3;/q+1;-1. The first-order chi connectivity index (χ1) is 13.9. The van der Waals surface area contributed by atoms with Gasteiger partial charge in [-0.15, -0.1) is 23.5 Å². The SMILES string of the molecule is CC[n+]1c(C=C2C=C(C)CC(C)(C)C2)sc2cc(SC)c(SC)cc21.F[B-](F)(F)F. The Kier molecular flexibility index (Phi) is 8.55. The van der Waals surface area contributed by atoms with Gasteiger partial charge in [0.15, 0.2) is 0 Å². The van der Waals surface area contributed by atoms with Gasteiger partial charge in [-0.1, -0.05) is 36.8 Å². The second kappa shape index (κ2) is 10.1. The maximum Gasteiger partial charge on any atom is 0.673 e. The number of nitrogens with zero attached hydrogens (tertiary/aromatic N) is 1. The third-order valence-electron chi connectivity index (χ3n) is 4.73. The summed E-state index contributed by atoms with van der Waals surface area (Å²) in [5.74, 6) is 0. The van der Waals surface area contributed by atoms with Crippen LogP contribution >= 0.6 is 34.9 Å². The number of hydrogen-bond donors (Lipinski definition) is 0. The zero-order chi connectivity index (χ0) is 22.7.